The van der Waals surface area contributed by atoms with E-state index in [9.17, 15) is 8.42 Å². The van der Waals surface area contributed by atoms with Crippen molar-refractivity contribution in [3.8, 4) is 0 Å². The molecule has 0 fully saturated rings. The Morgan fingerprint density at radius 3 is 2.64 bits per heavy atom. The summed E-state index contributed by atoms with van der Waals surface area (Å²) < 4.78 is 23.8. The summed E-state index contributed by atoms with van der Waals surface area (Å²) in [5, 5.41) is 1.48. The van der Waals surface area contributed by atoms with Gasteiger partial charge in [0.1, 0.15) is 12.1 Å². The van der Waals surface area contributed by atoms with Crippen molar-refractivity contribution in [2.45, 2.75) is 26.8 Å². The molecule has 0 spiro atoms. The third-order valence-corrected chi connectivity index (χ3v) is 5.76. The van der Waals surface area contributed by atoms with Gasteiger partial charge in [-0.15, -0.1) is 0 Å². The zero-order valence-corrected chi connectivity index (χ0v) is 14.5. The minimum atomic E-state index is -3.05. The molecule has 0 amide bonds. The van der Waals surface area contributed by atoms with Gasteiger partial charge in [0.05, 0.1) is 11.3 Å². The van der Waals surface area contributed by atoms with E-state index in [1.807, 2.05) is 24.8 Å². The van der Waals surface area contributed by atoms with Crippen LogP contribution in [-0.2, 0) is 9.84 Å². The molecule has 0 aliphatic rings. The smallest absolute Gasteiger partial charge is 0.152 e. The van der Waals surface area contributed by atoms with Gasteiger partial charge in [-0.25, -0.2) is 18.4 Å². The molecular weight excluding hydrogens is 322 g/mol. The van der Waals surface area contributed by atoms with Crippen LogP contribution in [0, 0.1) is 0 Å². The van der Waals surface area contributed by atoms with E-state index < -0.39 is 9.84 Å². The van der Waals surface area contributed by atoms with Crippen molar-refractivity contribution >= 4 is 38.2 Å². The standard InChI is InChI=1S/C15H20ClN3O2S/c1-4-19(11(3)9-22(20,21)5-2)15-13-7-6-12(16)8-14(13)17-10-18-15/h6-8,10-11H,4-5,9H2,1-3H3/t11-/m0/s1. The van der Waals surface area contributed by atoms with Gasteiger partial charge in [0.15, 0.2) is 9.84 Å². The van der Waals surface area contributed by atoms with Crippen LogP contribution in [0.25, 0.3) is 10.9 Å². The molecule has 1 heterocycles. The summed E-state index contributed by atoms with van der Waals surface area (Å²) >= 11 is 6.00. The monoisotopic (exact) mass is 341 g/mol. The topological polar surface area (TPSA) is 63.2 Å². The maximum absolute atomic E-state index is 11.9. The predicted octanol–water partition coefficient (Wildman–Crippen LogP) is 2.93. The fourth-order valence-corrected chi connectivity index (χ4v) is 3.81. The molecule has 120 valence electrons. The Labute approximate surface area is 136 Å². The molecule has 0 N–H and O–H groups in total. The SMILES string of the molecule is CCN(c1ncnc2cc(Cl)ccc12)[C@@H](C)CS(=O)(=O)CC. The first kappa shape index (κ1) is 17.0. The van der Waals surface area contributed by atoms with Gasteiger partial charge in [0.25, 0.3) is 0 Å². The highest BCUT2D eigenvalue weighted by Crippen LogP contribution is 2.26. The molecule has 0 saturated heterocycles. The summed E-state index contributed by atoms with van der Waals surface area (Å²) in [6.07, 6.45) is 1.48. The maximum Gasteiger partial charge on any atom is 0.152 e. The second kappa shape index (κ2) is 6.79. The van der Waals surface area contributed by atoms with Crippen LogP contribution in [0.3, 0.4) is 0 Å². The number of fused-ring (bicyclic) bond motifs is 1. The molecule has 0 aliphatic carbocycles. The maximum atomic E-state index is 11.9. The van der Waals surface area contributed by atoms with Gasteiger partial charge in [-0.3, -0.25) is 0 Å². The van der Waals surface area contributed by atoms with Crippen LogP contribution in [0.2, 0.25) is 5.02 Å². The number of halogens is 1. The number of hydrogen-bond donors (Lipinski definition) is 0. The Bertz CT molecular complexity index is 764. The number of aromatic nitrogens is 2. The Kier molecular flexibility index (Phi) is 5.24. The first-order valence-corrected chi connectivity index (χ1v) is 9.45. The van der Waals surface area contributed by atoms with Gasteiger partial charge < -0.3 is 4.90 Å². The Hall–Kier alpha value is -1.40. The predicted molar refractivity (Wildman–Crippen MR) is 91.4 cm³/mol. The number of rotatable bonds is 6. The first-order valence-electron chi connectivity index (χ1n) is 7.25. The second-order valence-electron chi connectivity index (χ2n) is 5.19. The van der Waals surface area contributed by atoms with Gasteiger partial charge in [0.2, 0.25) is 0 Å². The fraction of sp³-hybridized carbons (Fsp3) is 0.467. The van der Waals surface area contributed by atoms with Crippen molar-refractivity contribution < 1.29 is 8.42 Å². The summed E-state index contributed by atoms with van der Waals surface area (Å²) in [5.74, 6) is 0.994. The van der Waals surface area contributed by atoms with Crippen LogP contribution in [0.5, 0.6) is 0 Å². The van der Waals surface area contributed by atoms with Gasteiger partial charge in [-0.1, -0.05) is 18.5 Å². The van der Waals surface area contributed by atoms with Crippen molar-refractivity contribution in [3.05, 3.63) is 29.5 Å². The van der Waals surface area contributed by atoms with Crippen LogP contribution < -0.4 is 4.90 Å². The lowest BCUT2D eigenvalue weighted by atomic mass is 10.2. The van der Waals surface area contributed by atoms with E-state index in [-0.39, 0.29) is 17.5 Å². The highest BCUT2D eigenvalue weighted by atomic mass is 35.5. The Morgan fingerprint density at radius 1 is 1.27 bits per heavy atom. The lowest BCUT2D eigenvalue weighted by Crippen LogP contribution is -2.39. The molecule has 7 heteroatoms. The van der Waals surface area contributed by atoms with E-state index in [4.69, 9.17) is 11.6 Å². The highest BCUT2D eigenvalue weighted by Gasteiger charge is 2.22. The molecule has 1 atom stereocenters. The Morgan fingerprint density at radius 2 is 2.00 bits per heavy atom. The number of nitrogens with zero attached hydrogens (tertiary/aromatic N) is 3. The van der Waals surface area contributed by atoms with Crippen molar-refractivity contribution in [1.82, 2.24) is 9.97 Å². The third kappa shape index (κ3) is 3.67. The average molecular weight is 342 g/mol. The van der Waals surface area contributed by atoms with Gasteiger partial charge >= 0.3 is 0 Å². The lowest BCUT2D eigenvalue weighted by molar-refractivity contribution is 0.585. The molecule has 0 unspecified atom stereocenters. The van der Waals surface area contributed by atoms with E-state index in [2.05, 4.69) is 9.97 Å². The highest BCUT2D eigenvalue weighted by molar-refractivity contribution is 7.91. The van der Waals surface area contributed by atoms with Crippen LogP contribution >= 0.6 is 11.6 Å². The second-order valence-corrected chi connectivity index (χ2v) is 8.03. The first-order chi connectivity index (χ1) is 10.4. The minimum Gasteiger partial charge on any atom is -0.353 e. The molecule has 1 aromatic carbocycles. The molecule has 22 heavy (non-hydrogen) atoms. The van der Waals surface area contributed by atoms with Gasteiger partial charge in [-0.05, 0) is 32.0 Å². The van der Waals surface area contributed by atoms with Crippen LogP contribution in [0.15, 0.2) is 24.5 Å². The zero-order chi connectivity index (χ0) is 16.3. The molecule has 0 saturated carbocycles. The summed E-state index contributed by atoms with van der Waals surface area (Å²) in [6, 6.07) is 5.28. The number of benzene rings is 1. The lowest BCUT2D eigenvalue weighted by Gasteiger charge is -2.29. The van der Waals surface area contributed by atoms with E-state index in [0.717, 1.165) is 16.7 Å². The fourth-order valence-electron chi connectivity index (χ4n) is 2.49. The van der Waals surface area contributed by atoms with E-state index >= 15 is 0 Å². The third-order valence-electron chi connectivity index (χ3n) is 3.66. The molecule has 0 radical (unpaired) electrons. The molecule has 0 bridgehead atoms. The largest absolute Gasteiger partial charge is 0.353 e. The Balaban J connectivity index is 2.43. The van der Waals surface area contributed by atoms with Crippen molar-refractivity contribution in [2.24, 2.45) is 0 Å². The van der Waals surface area contributed by atoms with Crippen molar-refractivity contribution in [3.63, 3.8) is 0 Å². The normalized spacial score (nSPS) is 13.3. The molecule has 2 aromatic rings. The van der Waals surface area contributed by atoms with E-state index in [1.54, 1.807) is 19.1 Å². The van der Waals surface area contributed by atoms with Crippen molar-refractivity contribution in [1.29, 1.82) is 0 Å². The van der Waals surface area contributed by atoms with Gasteiger partial charge in [0, 0.05) is 28.7 Å². The van der Waals surface area contributed by atoms with Crippen LogP contribution in [0.4, 0.5) is 5.82 Å². The summed E-state index contributed by atoms with van der Waals surface area (Å²) in [5.41, 5.74) is 0.751. The summed E-state index contributed by atoms with van der Waals surface area (Å²) in [4.78, 5) is 10.6. The molecular formula is C15H20ClN3O2S. The van der Waals surface area contributed by atoms with Crippen LogP contribution in [0.1, 0.15) is 20.8 Å². The van der Waals surface area contributed by atoms with E-state index in [1.165, 1.54) is 6.33 Å². The van der Waals surface area contributed by atoms with Gasteiger partial charge in [-0.2, -0.15) is 0 Å². The number of sulfone groups is 1. The molecule has 1 aromatic heterocycles. The molecule has 5 nitrogen and oxygen atoms in total. The van der Waals surface area contributed by atoms with Crippen molar-refractivity contribution in [2.75, 3.05) is 23.0 Å². The summed E-state index contributed by atoms with van der Waals surface area (Å²) in [7, 11) is -3.05. The zero-order valence-electron chi connectivity index (χ0n) is 13.0. The quantitative estimate of drug-likeness (QED) is 0.808. The minimum absolute atomic E-state index is 0.108. The molecule has 0 aliphatic heterocycles. The molecule has 2 rings (SSSR count). The average Bonchev–Trinajstić information content (AvgIpc) is 2.47. The number of hydrogen-bond acceptors (Lipinski definition) is 5. The van der Waals surface area contributed by atoms with E-state index in [0.29, 0.717) is 11.6 Å². The summed E-state index contributed by atoms with van der Waals surface area (Å²) in [6.45, 7) is 6.22. The van der Waals surface area contributed by atoms with Crippen LogP contribution in [-0.4, -0.2) is 42.5 Å². The number of anilines is 1.